The van der Waals surface area contributed by atoms with Gasteiger partial charge in [-0.3, -0.25) is 4.79 Å². The van der Waals surface area contributed by atoms with Crippen LogP contribution in [0.1, 0.15) is 60.8 Å². The Morgan fingerprint density at radius 2 is 1.84 bits per heavy atom. The Morgan fingerprint density at radius 1 is 1.26 bits per heavy atom. The van der Waals surface area contributed by atoms with Crippen molar-refractivity contribution in [2.24, 2.45) is 5.41 Å². The van der Waals surface area contributed by atoms with E-state index in [9.17, 15) is 9.59 Å². The summed E-state index contributed by atoms with van der Waals surface area (Å²) in [5.74, 6) is 0.200. The van der Waals surface area contributed by atoms with Crippen LogP contribution in [0.15, 0.2) is 0 Å². The zero-order valence-electron chi connectivity index (χ0n) is 13.1. The molecule has 1 aliphatic heterocycles. The Morgan fingerprint density at radius 3 is 2.21 bits per heavy atom. The molecule has 1 atom stereocenters. The summed E-state index contributed by atoms with van der Waals surface area (Å²) in [7, 11) is 0. The lowest BCUT2D eigenvalue weighted by molar-refractivity contribution is -0.121. The first-order valence-corrected chi connectivity index (χ1v) is 6.99. The van der Waals surface area contributed by atoms with Crippen LogP contribution in [0.4, 0.5) is 0 Å². The van der Waals surface area contributed by atoms with Crippen LogP contribution in [-0.4, -0.2) is 29.3 Å². The first kappa shape index (κ1) is 16.2. The maximum absolute atomic E-state index is 11.6. The van der Waals surface area contributed by atoms with Gasteiger partial charge in [0, 0.05) is 31.0 Å². The van der Waals surface area contributed by atoms with E-state index in [2.05, 4.69) is 24.5 Å². The van der Waals surface area contributed by atoms with Gasteiger partial charge in [-0.15, -0.1) is 0 Å². The van der Waals surface area contributed by atoms with Gasteiger partial charge in [0.25, 0.3) is 0 Å². The Balaban J connectivity index is 2.87. The second kappa shape index (κ2) is 5.23. The topological polar surface area (TPSA) is 58.2 Å². The average molecular weight is 268 g/mol. The number of carbonyl (C=O) groups is 2. The number of rotatable bonds is 5. The smallest absolute Gasteiger partial charge is 0.217 e. The van der Waals surface area contributed by atoms with E-state index in [-0.39, 0.29) is 28.2 Å². The van der Waals surface area contributed by atoms with E-state index in [1.54, 1.807) is 6.92 Å². The number of Topliss-reactive ketones (excluding diaryl/α,β-unsaturated/α-hetero) is 1. The molecule has 4 heteroatoms. The first-order chi connectivity index (χ1) is 8.45. The highest BCUT2D eigenvalue weighted by atomic mass is 16.1. The molecule has 0 aromatic carbocycles. The quantitative estimate of drug-likeness (QED) is 0.802. The van der Waals surface area contributed by atoms with E-state index < -0.39 is 0 Å². The van der Waals surface area contributed by atoms with E-state index in [4.69, 9.17) is 0 Å². The van der Waals surface area contributed by atoms with Gasteiger partial charge in [-0.05, 0) is 52.9 Å². The molecule has 1 heterocycles. The molecule has 19 heavy (non-hydrogen) atoms. The van der Waals surface area contributed by atoms with Crippen molar-refractivity contribution < 1.29 is 9.59 Å². The molecule has 1 fully saturated rings. The lowest BCUT2D eigenvalue weighted by Crippen LogP contribution is -2.47. The summed E-state index contributed by atoms with van der Waals surface area (Å²) in [5, 5.41) is 6.50. The van der Waals surface area contributed by atoms with Crippen molar-refractivity contribution in [1.29, 1.82) is 0 Å². The maximum atomic E-state index is 11.6. The van der Waals surface area contributed by atoms with Crippen molar-refractivity contribution in [2.45, 2.75) is 71.9 Å². The SMILES string of the molecule is CC(=O)CC1(CC(C)(C)NC(C)=O)CNC(C)(C)C1. The van der Waals surface area contributed by atoms with Crippen LogP contribution in [-0.2, 0) is 9.59 Å². The summed E-state index contributed by atoms with van der Waals surface area (Å²) >= 11 is 0. The Kier molecular flexibility index (Phi) is 4.45. The van der Waals surface area contributed by atoms with Crippen LogP contribution in [0.2, 0.25) is 0 Å². The molecule has 1 saturated heterocycles. The zero-order valence-corrected chi connectivity index (χ0v) is 13.1. The van der Waals surface area contributed by atoms with Crippen LogP contribution < -0.4 is 10.6 Å². The molecule has 1 unspecified atom stereocenters. The van der Waals surface area contributed by atoms with E-state index in [0.29, 0.717) is 6.42 Å². The number of hydrogen-bond acceptors (Lipinski definition) is 3. The number of amides is 1. The van der Waals surface area contributed by atoms with Crippen LogP contribution in [0.5, 0.6) is 0 Å². The highest BCUT2D eigenvalue weighted by Crippen LogP contribution is 2.43. The van der Waals surface area contributed by atoms with Crippen molar-refractivity contribution in [3.05, 3.63) is 0 Å². The molecule has 2 N–H and O–H groups in total. The Labute approximate surface area is 116 Å². The van der Waals surface area contributed by atoms with Crippen LogP contribution in [0.3, 0.4) is 0 Å². The van der Waals surface area contributed by atoms with Crippen molar-refractivity contribution in [2.75, 3.05) is 6.54 Å². The van der Waals surface area contributed by atoms with Gasteiger partial charge in [0.1, 0.15) is 5.78 Å². The summed E-state index contributed by atoms with van der Waals surface area (Å²) in [6.45, 7) is 12.4. The van der Waals surface area contributed by atoms with E-state index in [1.807, 2.05) is 13.8 Å². The Bertz CT molecular complexity index is 374. The predicted molar refractivity (Wildman–Crippen MR) is 76.9 cm³/mol. The van der Waals surface area contributed by atoms with Gasteiger partial charge in [-0.2, -0.15) is 0 Å². The van der Waals surface area contributed by atoms with Crippen LogP contribution in [0.25, 0.3) is 0 Å². The molecule has 0 aromatic rings. The normalized spacial score (nSPS) is 26.2. The number of ketones is 1. The molecule has 1 aliphatic rings. The van der Waals surface area contributed by atoms with Gasteiger partial charge >= 0.3 is 0 Å². The summed E-state index contributed by atoms with van der Waals surface area (Å²) < 4.78 is 0. The van der Waals surface area contributed by atoms with E-state index >= 15 is 0 Å². The van der Waals surface area contributed by atoms with E-state index in [1.165, 1.54) is 6.92 Å². The minimum Gasteiger partial charge on any atom is -0.351 e. The molecule has 110 valence electrons. The van der Waals surface area contributed by atoms with Gasteiger partial charge in [0.2, 0.25) is 5.91 Å². The van der Waals surface area contributed by atoms with Gasteiger partial charge in [0.15, 0.2) is 0 Å². The third-order valence-corrected chi connectivity index (χ3v) is 3.71. The maximum Gasteiger partial charge on any atom is 0.217 e. The molecule has 0 bridgehead atoms. The van der Waals surface area contributed by atoms with Crippen LogP contribution in [0, 0.1) is 5.41 Å². The average Bonchev–Trinajstić information content (AvgIpc) is 2.35. The zero-order chi connectivity index (χ0) is 14.9. The third-order valence-electron chi connectivity index (χ3n) is 3.71. The highest BCUT2D eigenvalue weighted by molar-refractivity contribution is 5.76. The molecule has 4 nitrogen and oxygen atoms in total. The molecular formula is C15H28N2O2. The van der Waals surface area contributed by atoms with E-state index in [0.717, 1.165) is 19.4 Å². The standard InChI is InChI=1S/C15H28N2O2/c1-11(18)7-15(8-13(3,4)16-10-15)9-14(5,6)17-12(2)19/h16H,7-10H2,1-6H3,(H,17,19). The molecule has 0 radical (unpaired) electrons. The lowest BCUT2D eigenvalue weighted by atomic mass is 9.70. The number of hydrogen-bond donors (Lipinski definition) is 2. The van der Waals surface area contributed by atoms with Gasteiger partial charge in [-0.1, -0.05) is 0 Å². The summed E-state index contributed by atoms with van der Waals surface area (Å²) in [6, 6.07) is 0. The molecule has 0 saturated carbocycles. The Hall–Kier alpha value is -0.900. The molecule has 0 spiro atoms. The molecule has 0 aliphatic carbocycles. The van der Waals surface area contributed by atoms with Gasteiger partial charge < -0.3 is 15.4 Å². The predicted octanol–water partition coefficient (Wildman–Crippen LogP) is 2.03. The van der Waals surface area contributed by atoms with Crippen molar-refractivity contribution >= 4 is 11.7 Å². The fraction of sp³-hybridized carbons (Fsp3) is 0.867. The van der Waals surface area contributed by atoms with Crippen molar-refractivity contribution in [1.82, 2.24) is 10.6 Å². The minimum atomic E-state index is -0.288. The van der Waals surface area contributed by atoms with Crippen molar-refractivity contribution in [3.8, 4) is 0 Å². The molecule has 1 amide bonds. The summed E-state index contributed by atoms with van der Waals surface area (Å²) in [4.78, 5) is 22.9. The molecule has 0 aromatic heterocycles. The fourth-order valence-electron chi connectivity index (χ4n) is 3.79. The van der Waals surface area contributed by atoms with Crippen molar-refractivity contribution in [3.63, 3.8) is 0 Å². The largest absolute Gasteiger partial charge is 0.351 e. The molecular weight excluding hydrogens is 240 g/mol. The fourth-order valence-corrected chi connectivity index (χ4v) is 3.79. The minimum absolute atomic E-state index is 0.0202. The molecule has 1 rings (SSSR count). The monoisotopic (exact) mass is 268 g/mol. The van der Waals surface area contributed by atoms with Crippen LogP contribution >= 0.6 is 0 Å². The first-order valence-electron chi connectivity index (χ1n) is 6.99. The lowest BCUT2D eigenvalue weighted by Gasteiger charge is -2.37. The van der Waals surface area contributed by atoms with Gasteiger partial charge in [0.05, 0.1) is 0 Å². The highest BCUT2D eigenvalue weighted by Gasteiger charge is 2.46. The number of carbonyl (C=O) groups excluding carboxylic acids is 2. The third kappa shape index (κ3) is 4.94. The summed E-state index contributed by atoms with van der Waals surface area (Å²) in [5.41, 5.74) is -0.285. The second-order valence-electron chi connectivity index (χ2n) is 7.53. The summed E-state index contributed by atoms with van der Waals surface area (Å²) in [6.07, 6.45) is 2.35. The number of nitrogens with one attached hydrogen (secondary N) is 2. The second-order valence-corrected chi connectivity index (χ2v) is 7.53. The van der Waals surface area contributed by atoms with Gasteiger partial charge in [-0.25, -0.2) is 0 Å².